The van der Waals surface area contributed by atoms with Crippen molar-refractivity contribution in [3.63, 3.8) is 0 Å². The van der Waals surface area contributed by atoms with Crippen LogP contribution in [0.4, 0.5) is 11.6 Å². The number of carbonyl (C=O) groups is 1. The first-order valence-electron chi connectivity index (χ1n) is 7.94. The van der Waals surface area contributed by atoms with E-state index in [0.29, 0.717) is 18.1 Å². The topological polar surface area (TPSA) is 71.0 Å². The van der Waals surface area contributed by atoms with Crippen molar-refractivity contribution >= 4 is 17.5 Å². The summed E-state index contributed by atoms with van der Waals surface area (Å²) in [6.45, 7) is 2.54. The predicted octanol–water partition coefficient (Wildman–Crippen LogP) is 3.07. The van der Waals surface area contributed by atoms with Crippen LogP contribution in [0.3, 0.4) is 0 Å². The van der Waals surface area contributed by atoms with Crippen LogP contribution in [-0.2, 0) is 6.54 Å². The number of nitrogens with zero attached hydrogens (tertiary/aromatic N) is 4. The Morgan fingerprint density at radius 2 is 1.76 bits per heavy atom. The van der Waals surface area contributed by atoms with Gasteiger partial charge in [-0.05, 0) is 42.8 Å². The molecular formula is C19H19N5O. The molecule has 0 aliphatic heterocycles. The van der Waals surface area contributed by atoms with Gasteiger partial charge in [0, 0.05) is 49.1 Å². The maximum absolute atomic E-state index is 12.4. The molecule has 0 saturated heterocycles. The minimum Gasteiger partial charge on any atom is -0.350 e. The first kappa shape index (κ1) is 16.6. The molecule has 3 rings (SSSR count). The summed E-state index contributed by atoms with van der Waals surface area (Å²) < 4.78 is 0. The first-order valence-corrected chi connectivity index (χ1v) is 7.94. The number of anilines is 2. The Morgan fingerprint density at radius 3 is 2.44 bits per heavy atom. The zero-order valence-corrected chi connectivity index (χ0v) is 14.2. The van der Waals surface area contributed by atoms with Crippen LogP contribution in [0.15, 0.2) is 61.1 Å². The molecule has 0 bridgehead atoms. The molecule has 1 aromatic carbocycles. The Morgan fingerprint density at radius 1 is 1.04 bits per heavy atom. The molecule has 0 aliphatic carbocycles. The van der Waals surface area contributed by atoms with Crippen molar-refractivity contribution in [1.29, 1.82) is 0 Å². The van der Waals surface area contributed by atoms with Gasteiger partial charge in [0.05, 0.1) is 0 Å². The van der Waals surface area contributed by atoms with Crippen molar-refractivity contribution in [2.24, 2.45) is 0 Å². The van der Waals surface area contributed by atoms with Crippen molar-refractivity contribution in [2.45, 2.75) is 13.5 Å². The average molecular weight is 333 g/mol. The Kier molecular flexibility index (Phi) is 4.99. The van der Waals surface area contributed by atoms with Crippen molar-refractivity contribution in [3.05, 3.63) is 77.9 Å². The van der Waals surface area contributed by atoms with E-state index in [2.05, 4.69) is 20.3 Å². The van der Waals surface area contributed by atoms with Crippen LogP contribution in [0.2, 0.25) is 0 Å². The van der Waals surface area contributed by atoms with E-state index < -0.39 is 0 Å². The molecule has 0 unspecified atom stereocenters. The molecule has 0 fully saturated rings. The van der Waals surface area contributed by atoms with E-state index in [4.69, 9.17) is 0 Å². The van der Waals surface area contributed by atoms with Gasteiger partial charge < -0.3 is 10.2 Å². The molecule has 3 aromatic rings. The molecular weight excluding hydrogens is 314 g/mol. The lowest BCUT2D eigenvalue weighted by molar-refractivity contribution is 0.0993. The fourth-order valence-electron chi connectivity index (χ4n) is 2.36. The minimum absolute atomic E-state index is 0.0681. The number of benzene rings is 1. The predicted molar refractivity (Wildman–Crippen MR) is 97.5 cm³/mol. The van der Waals surface area contributed by atoms with Crippen LogP contribution in [0.5, 0.6) is 0 Å². The van der Waals surface area contributed by atoms with Gasteiger partial charge in [0.25, 0.3) is 5.91 Å². The third kappa shape index (κ3) is 4.17. The maximum Gasteiger partial charge on any atom is 0.258 e. The van der Waals surface area contributed by atoms with E-state index in [1.807, 2.05) is 37.3 Å². The van der Waals surface area contributed by atoms with Gasteiger partial charge in [-0.2, -0.15) is 0 Å². The number of pyridine rings is 1. The number of aromatic nitrogens is 3. The third-order valence-electron chi connectivity index (χ3n) is 3.80. The SMILES string of the molecule is Cc1ccnc(NCc2ccc(N(C)C(=O)c3ccncc3)cc2)n1. The summed E-state index contributed by atoms with van der Waals surface area (Å²) in [5.74, 6) is 0.537. The van der Waals surface area contributed by atoms with Crippen LogP contribution in [0, 0.1) is 6.92 Å². The Labute approximate surface area is 146 Å². The smallest absolute Gasteiger partial charge is 0.258 e. The van der Waals surface area contributed by atoms with Gasteiger partial charge in [-0.3, -0.25) is 9.78 Å². The molecule has 6 nitrogen and oxygen atoms in total. The maximum atomic E-state index is 12.4. The highest BCUT2D eigenvalue weighted by molar-refractivity contribution is 6.05. The van der Waals surface area contributed by atoms with Crippen molar-refractivity contribution < 1.29 is 4.79 Å². The van der Waals surface area contributed by atoms with Gasteiger partial charge in [0.2, 0.25) is 5.95 Å². The summed E-state index contributed by atoms with van der Waals surface area (Å²) in [4.78, 5) is 26.5. The molecule has 0 saturated carbocycles. The number of nitrogens with one attached hydrogen (secondary N) is 1. The second-order valence-corrected chi connectivity index (χ2v) is 5.64. The van der Waals surface area contributed by atoms with E-state index in [1.54, 1.807) is 42.7 Å². The summed E-state index contributed by atoms with van der Waals surface area (Å²) >= 11 is 0. The average Bonchev–Trinajstić information content (AvgIpc) is 2.66. The molecule has 2 heterocycles. The lowest BCUT2D eigenvalue weighted by Gasteiger charge is -2.17. The van der Waals surface area contributed by atoms with Crippen LogP contribution in [0.25, 0.3) is 0 Å². The van der Waals surface area contributed by atoms with Gasteiger partial charge in [0.15, 0.2) is 0 Å². The van der Waals surface area contributed by atoms with Gasteiger partial charge >= 0.3 is 0 Å². The summed E-state index contributed by atoms with van der Waals surface area (Å²) in [6, 6.07) is 13.1. The molecule has 0 aliphatic rings. The monoisotopic (exact) mass is 333 g/mol. The number of rotatable bonds is 5. The van der Waals surface area contributed by atoms with Gasteiger partial charge in [0.1, 0.15) is 0 Å². The van der Waals surface area contributed by atoms with Gasteiger partial charge in [-0.15, -0.1) is 0 Å². The third-order valence-corrected chi connectivity index (χ3v) is 3.80. The normalized spacial score (nSPS) is 10.3. The van der Waals surface area contributed by atoms with Crippen LogP contribution in [-0.4, -0.2) is 27.9 Å². The molecule has 126 valence electrons. The number of hydrogen-bond acceptors (Lipinski definition) is 5. The lowest BCUT2D eigenvalue weighted by atomic mass is 10.1. The molecule has 1 N–H and O–H groups in total. The summed E-state index contributed by atoms with van der Waals surface area (Å²) in [6.07, 6.45) is 4.96. The summed E-state index contributed by atoms with van der Waals surface area (Å²) in [5.41, 5.74) is 3.44. The van der Waals surface area contributed by atoms with Crippen molar-refractivity contribution in [2.75, 3.05) is 17.3 Å². The second-order valence-electron chi connectivity index (χ2n) is 5.64. The highest BCUT2D eigenvalue weighted by Crippen LogP contribution is 2.17. The van der Waals surface area contributed by atoms with E-state index in [9.17, 15) is 4.79 Å². The highest BCUT2D eigenvalue weighted by atomic mass is 16.2. The van der Waals surface area contributed by atoms with Gasteiger partial charge in [-0.25, -0.2) is 9.97 Å². The van der Waals surface area contributed by atoms with Crippen molar-refractivity contribution in [3.8, 4) is 0 Å². The fraction of sp³-hybridized carbons (Fsp3) is 0.158. The summed E-state index contributed by atoms with van der Waals surface area (Å²) in [5, 5.41) is 3.19. The minimum atomic E-state index is -0.0681. The molecule has 0 spiro atoms. The zero-order chi connectivity index (χ0) is 17.6. The molecule has 6 heteroatoms. The quantitative estimate of drug-likeness (QED) is 0.777. The van der Waals surface area contributed by atoms with Crippen LogP contribution < -0.4 is 10.2 Å². The van der Waals surface area contributed by atoms with Crippen LogP contribution >= 0.6 is 0 Å². The number of amides is 1. The molecule has 1 amide bonds. The number of hydrogen-bond donors (Lipinski definition) is 1. The van der Waals surface area contributed by atoms with E-state index in [-0.39, 0.29) is 5.91 Å². The Hall–Kier alpha value is -3.28. The molecule has 25 heavy (non-hydrogen) atoms. The summed E-state index contributed by atoms with van der Waals surface area (Å²) in [7, 11) is 1.76. The largest absolute Gasteiger partial charge is 0.350 e. The first-order chi connectivity index (χ1) is 12.1. The Bertz CT molecular complexity index is 849. The lowest BCUT2D eigenvalue weighted by Crippen LogP contribution is -2.26. The Balaban J connectivity index is 1.64. The number of carbonyl (C=O) groups excluding carboxylic acids is 1. The molecule has 0 atom stereocenters. The fourth-order valence-corrected chi connectivity index (χ4v) is 2.36. The van der Waals surface area contributed by atoms with Crippen LogP contribution in [0.1, 0.15) is 21.6 Å². The van der Waals surface area contributed by atoms with Gasteiger partial charge in [-0.1, -0.05) is 12.1 Å². The van der Waals surface area contributed by atoms with Crippen molar-refractivity contribution in [1.82, 2.24) is 15.0 Å². The van der Waals surface area contributed by atoms with E-state index >= 15 is 0 Å². The zero-order valence-electron chi connectivity index (χ0n) is 14.2. The molecule has 0 radical (unpaired) electrons. The van der Waals surface area contributed by atoms with E-state index in [0.717, 1.165) is 16.9 Å². The highest BCUT2D eigenvalue weighted by Gasteiger charge is 2.12. The molecule has 2 aromatic heterocycles. The standard InChI is InChI=1S/C19H19N5O/c1-14-7-12-21-19(23-14)22-13-15-3-5-17(6-4-15)24(2)18(25)16-8-10-20-11-9-16/h3-12H,13H2,1-2H3,(H,21,22,23). The second kappa shape index (κ2) is 7.53. The number of aryl methyl sites for hydroxylation is 1. The van der Waals surface area contributed by atoms with E-state index in [1.165, 1.54) is 0 Å².